The average Bonchev–Trinajstić information content (AvgIpc) is 2.57. The van der Waals surface area contributed by atoms with E-state index in [0.29, 0.717) is 24.8 Å². The Balaban J connectivity index is 1.69. The maximum atomic E-state index is 11.6. The van der Waals surface area contributed by atoms with E-state index in [2.05, 4.69) is 15.8 Å². The first-order chi connectivity index (χ1) is 11.2. The highest BCUT2D eigenvalue weighted by atomic mass is 32.1. The van der Waals surface area contributed by atoms with Crippen molar-refractivity contribution in [3.8, 4) is 0 Å². The van der Waals surface area contributed by atoms with Crippen LogP contribution in [-0.2, 0) is 4.74 Å². The van der Waals surface area contributed by atoms with Crippen LogP contribution in [0.1, 0.15) is 25.3 Å². The van der Waals surface area contributed by atoms with Gasteiger partial charge in [0.05, 0.1) is 12.8 Å². The molecule has 0 saturated carbocycles. The number of hydrazone groups is 1. The molecule has 0 bridgehead atoms. The summed E-state index contributed by atoms with van der Waals surface area (Å²) in [6.07, 6.45) is 3.16. The summed E-state index contributed by atoms with van der Waals surface area (Å²) in [5.74, 6) is 0. The van der Waals surface area contributed by atoms with Gasteiger partial charge in [0, 0.05) is 19.1 Å². The molecule has 1 aromatic carbocycles. The molecule has 0 aliphatic carbocycles. The van der Waals surface area contributed by atoms with Crippen LogP contribution in [0.15, 0.2) is 35.4 Å². The molecule has 1 saturated heterocycles. The largest absolute Gasteiger partial charge is 0.450 e. The molecule has 0 unspecified atom stereocenters. The van der Waals surface area contributed by atoms with Gasteiger partial charge in [-0.15, -0.1) is 0 Å². The SMILES string of the molecule is CCOC(=O)N1CCC(NC(=S)N/N=C/c2ccccc2)CC1. The number of hydrogen-bond acceptors (Lipinski definition) is 4. The number of benzene rings is 1. The van der Waals surface area contributed by atoms with Crippen LogP contribution >= 0.6 is 12.2 Å². The van der Waals surface area contributed by atoms with Gasteiger partial charge in [0.1, 0.15) is 0 Å². The van der Waals surface area contributed by atoms with Crippen LogP contribution in [-0.4, -0.2) is 48.1 Å². The van der Waals surface area contributed by atoms with Crippen molar-refractivity contribution in [2.75, 3.05) is 19.7 Å². The maximum Gasteiger partial charge on any atom is 0.409 e. The predicted molar refractivity (Wildman–Crippen MR) is 94.5 cm³/mol. The Morgan fingerprint density at radius 1 is 1.39 bits per heavy atom. The van der Waals surface area contributed by atoms with Gasteiger partial charge in [-0.05, 0) is 37.5 Å². The molecule has 1 amide bonds. The lowest BCUT2D eigenvalue weighted by Crippen LogP contribution is -2.48. The number of carbonyl (C=O) groups excluding carboxylic acids is 1. The standard InChI is InChI=1S/C16H22N4O2S/c1-2-22-16(21)20-10-8-14(9-11-20)18-15(23)19-17-12-13-6-4-3-5-7-13/h3-7,12,14H,2,8-11H2,1H3,(H2,18,19,23)/b17-12+. The van der Waals surface area contributed by atoms with Gasteiger partial charge >= 0.3 is 6.09 Å². The topological polar surface area (TPSA) is 66.0 Å². The second-order valence-corrected chi connectivity index (χ2v) is 5.62. The predicted octanol–water partition coefficient (Wildman–Crippen LogP) is 2.11. The monoisotopic (exact) mass is 334 g/mol. The third-order valence-electron chi connectivity index (χ3n) is 3.54. The molecule has 1 aromatic rings. The number of likely N-dealkylation sites (tertiary alicyclic amines) is 1. The van der Waals surface area contributed by atoms with Crippen LogP contribution in [0.3, 0.4) is 0 Å². The molecular formula is C16H22N4O2S. The first-order valence-electron chi connectivity index (χ1n) is 7.75. The molecule has 7 heteroatoms. The summed E-state index contributed by atoms with van der Waals surface area (Å²) in [5, 5.41) is 7.83. The van der Waals surface area contributed by atoms with Gasteiger partial charge in [0.2, 0.25) is 0 Å². The molecule has 0 radical (unpaired) electrons. The number of ether oxygens (including phenoxy) is 1. The van der Waals surface area contributed by atoms with E-state index in [1.165, 1.54) is 0 Å². The van der Waals surface area contributed by atoms with E-state index in [9.17, 15) is 4.79 Å². The third-order valence-corrected chi connectivity index (χ3v) is 3.74. The first-order valence-corrected chi connectivity index (χ1v) is 8.16. The van der Waals surface area contributed by atoms with Crippen molar-refractivity contribution in [1.29, 1.82) is 0 Å². The van der Waals surface area contributed by atoms with Crippen molar-refractivity contribution in [2.24, 2.45) is 5.10 Å². The van der Waals surface area contributed by atoms with Crippen LogP contribution in [0.4, 0.5) is 4.79 Å². The van der Waals surface area contributed by atoms with E-state index >= 15 is 0 Å². The molecule has 0 aromatic heterocycles. The van der Waals surface area contributed by atoms with Crippen molar-refractivity contribution >= 4 is 29.6 Å². The fourth-order valence-corrected chi connectivity index (χ4v) is 2.56. The molecule has 1 heterocycles. The number of carbonyl (C=O) groups is 1. The van der Waals surface area contributed by atoms with E-state index in [-0.39, 0.29) is 12.1 Å². The molecule has 6 nitrogen and oxygen atoms in total. The molecule has 0 atom stereocenters. The molecule has 124 valence electrons. The van der Waals surface area contributed by atoms with Crippen molar-refractivity contribution in [2.45, 2.75) is 25.8 Å². The zero-order valence-corrected chi connectivity index (χ0v) is 14.0. The van der Waals surface area contributed by atoms with Crippen molar-refractivity contribution in [3.05, 3.63) is 35.9 Å². The quantitative estimate of drug-likeness (QED) is 0.501. The van der Waals surface area contributed by atoms with Gasteiger partial charge in [-0.25, -0.2) is 4.79 Å². The fourth-order valence-electron chi connectivity index (χ4n) is 2.34. The van der Waals surface area contributed by atoms with Gasteiger partial charge in [-0.2, -0.15) is 5.10 Å². The molecule has 2 N–H and O–H groups in total. The summed E-state index contributed by atoms with van der Waals surface area (Å²) < 4.78 is 5.00. The number of piperidine rings is 1. The lowest BCUT2D eigenvalue weighted by molar-refractivity contribution is 0.0963. The highest BCUT2D eigenvalue weighted by Crippen LogP contribution is 2.11. The fraction of sp³-hybridized carbons (Fsp3) is 0.438. The van der Waals surface area contributed by atoms with E-state index in [4.69, 9.17) is 17.0 Å². The van der Waals surface area contributed by atoms with Gasteiger partial charge in [-0.3, -0.25) is 5.43 Å². The zero-order valence-electron chi connectivity index (χ0n) is 13.2. The second kappa shape index (κ2) is 9.09. The van der Waals surface area contributed by atoms with Gasteiger partial charge in [-0.1, -0.05) is 30.3 Å². The Morgan fingerprint density at radius 2 is 2.09 bits per heavy atom. The van der Waals surface area contributed by atoms with Crippen LogP contribution < -0.4 is 10.7 Å². The number of amides is 1. The van der Waals surface area contributed by atoms with Crippen molar-refractivity contribution < 1.29 is 9.53 Å². The van der Waals surface area contributed by atoms with Crippen LogP contribution in [0.25, 0.3) is 0 Å². The maximum absolute atomic E-state index is 11.6. The molecule has 2 rings (SSSR count). The minimum atomic E-state index is -0.237. The van der Waals surface area contributed by atoms with Gasteiger partial charge < -0.3 is 15.0 Å². The van der Waals surface area contributed by atoms with Crippen LogP contribution in [0.5, 0.6) is 0 Å². The Bertz CT molecular complexity index is 542. The first kappa shape index (κ1) is 17.2. The van der Waals surface area contributed by atoms with E-state index in [1.54, 1.807) is 11.1 Å². The molecule has 1 fully saturated rings. The van der Waals surface area contributed by atoms with Crippen molar-refractivity contribution in [1.82, 2.24) is 15.6 Å². The molecule has 0 spiro atoms. The summed E-state index contributed by atoms with van der Waals surface area (Å²) >= 11 is 5.23. The van der Waals surface area contributed by atoms with Crippen LogP contribution in [0.2, 0.25) is 0 Å². The van der Waals surface area contributed by atoms with Gasteiger partial charge in [0.15, 0.2) is 5.11 Å². The lowest BCUT2D eigenvalue weighted by Gasteiger charge is -2.31. The smallest absolute Gasteiger partial charge is 0.409 e. The van der Waals surface area contributed by atoms with E-state index in [1.807, 2.05) is 37.3 Å². The Kier molecular flexibility index (Phi) is 6.80. The summed E-state index contributed by atoms with van der Waals surface area (Å²) in [6, 6.07) is 10.0. The lowest BCUT2D eigenvalue weighted by atomic mass is 10.1. The minimum Gasteiger partial charge on any atom is -0.450 e. The Hall–Kier alpha value is -2.15. The van der Waals surface area contributed by atoms with Crippen molar-refractivity contribution in [3.63, 3.8) is 0 Å². The number of hydrogen-bond donors (Lipinski definition) is 2. The Morgan fingerprint density at radius 3 is 2.74 bits per heavy atom. The number of nitrogens with zero attached hydrogens (tertiary/aromatic N) is 2. The average molecular weight is 334 g/mol. The number of nitrogens with one attached hydrogen (secondary N) is 2. The Labute approximate surface area is 141 Å². The van der Waals surface area contributed by atoms with E-state index < -0.39 is 0 Å². The zero-order chi connectivity index (χ0) is 16.5. The summed E-state index contributed by atoms with van der Waals surface area (Å²) in [7, 11) is 0. The van der Waals surface area contributed by atoms with Crippen LogP contribution in [0, 0.1) is 0 Å². The highest BCUT2D eigenvalue weighted by Gasteiger charge is 2.23. The number of rotatable bonds is 4. The number of thiocarbonyl (C=S) groups is 1. The summed E-state index contributed by atoms with van der Waals surface area (Å²) in [5.41, 5.74) is 3.82. The van der Waals surface area contributed by atoms with Gasteiger partial charge in [0.25, 0.3) is 0 Å². The molecule has 23 heavy (non-hydrogen) atoms. The normalized spacial score (nSPS) is 15.4. The molecule has 1 aliphatic heterocycles. The molecule has 1 aliphatic rings. The third kappa shape index (κ3) is 5.86. The minimum absolute atomic E-state index is 0.237. The van der Waals surface area contributed by atoms with E-state index in [0.717, 1.165) is 18.4 Å². The second-order valence-electron chi connectivity index (χ2n) is 5.21. The summed E-state index contributed by atoms with van der Waals surface area (Å²) in [6.45, 7) is 3.56. The molecular weight excluding hydrogens is 312 g/mol. The summed E-state index contributed by atoms with van der Waals surface area (Å²) in [4.78, 5) is 13.4. The highest BCUT2D eigenvalue weighted by molar-refractivity contribution is 7.80.